The molecule has 0 spiro atoms. The van der Waals surface area contributed by atoms with E-state index in [0.717, 1.165) is 17.9 Å². The Bertz CT molecular complexity index is 1320. The summed E-state index contributed by atoms with van der Waals surface area (Å²) in [4.78, 5) is 51.0. The number of anilines is 1. The quantitative estimate of drug-likeness (QED) is 0.295. The van der Waals surface area contributed by atoms with E-state index in [4.69, 9.17) is 10.5 Å². The summed E-state index contributed by atoms with van der Waals surface area (Å²) in [5.41, 5.74) is 8.87. The predicted octanol–water partition coefficient (Wildman–Crippen LogP) is 3.52. The number of rotatable bonds is 5. The predicted molar refractivity (Wildman–Crippen MR) is 118 cm³/mol. The van der Waals surface area contributed by atoms with Gasteiger partial charge in [-0.25, -0.2) is 4.79 Å². The second kappa shape index (κ2) is 7.92. The number of aromatic nitrogens is 1. The summed E-state index contributed by atoms with van der Waals surface area (Å²) in [7, 11) is 0. The standard InChI is InChI=1S/C25H22N2O5/c1-4-27-13(2)11-19(14(27)3)20(28)12-32-25(31)18-10-9-17-21(22(18)26)24(30)16-8-6-5-7-15(16)23(17)29/h5-11H,4,12,26H2,1-3H3. The number of Topliss-reactive ketones (excluding diaryl/α,β-unsaturated/α-hetero) is 1. The van der Waals surface area contributed by atoms with Crippen LogP contribution in [0.5, 0.6) is 0 Å². The van der Waals surface area contributed by atoms with Gasteiger partial charge in [-0.1, -0.05) is 24.3 Å². The first-order valence-corrected chi connectivity index (χ1v) is 10.2. The van der Waals surface area contributed by atoms with Gasteiger partial charge >= 0.3 is 5.97 Å². The van der Waals surface area contributed by atoms with Crippen molar-refractivity contribution in [3.8, 4) is 0 Å². The van der Waals surface area contributed by atoms with Gasteiger partial charge in [-0.2, -0.15) is 0 Å². The number of aryl methyl sites for hydroxylation is 1. The number of carbonyl (C=O) groups is 4. The third-order valence-corrected chi connectivity index (χ3v) is 5.88. The number of benzene rings is 2. The molecule has 3 aromatic rings. The monoisotopic (exact) mass is 430 g/mol. The van der Waals surface area contributed by atoms with Crippen molar-refractivity contribution in [2.24, 2.45) is 0 Å². The first-order valence-electron chi connectivity index (χ1n) is 10.2. The minimum atomic E-state index is -0.831. The Kier molecular flexibility index (Phi) is 5.26. The number of ketones is 3. The Morgan fingerprint density at radius 1 is 0.938 bits per heavy atom. The Morgan fingerprint density at radius 3 is 2.22 bits per heavy atom. The Morgan fingerprint density at radius 2 is 1.59 bits per heavy atom. The molecule has 0 atom stereocenters. The summed E-state index contributed by atoms with van der Waals surface area (Å²) in [6.45, 7) is 6.00. The molecule has 2 N–H and O–H groups in total. The van der Waals surface area contributed by atoms with E-state index in [1.54, 1.807) is 30.3 Å². The second-order valence-corrected chi connectivity index (χ2v) is 7.68. The normalized spacial score (nSPS) is 12.3. The number of fused-ring (bicyclic) bond motifs is 2. The van der Waals surface area contributed by atoms with Gasteiger partial charge in [-0.3, -0.25) is 14.4 Å². The molecule has 7 nitrogen and oxygen atoms in total. The number of hydrogen-bond donors (Lipinski definition) is 1. The SMILES string of the molecule is CCn1c(C)cc(C(=O)COC(=O)c2ccc3c(c2N)C(=O)c2ccccc2C3=O)c1C. The van der Waals surface area contributed by atoms with Crippen LogP contribution in [0.15, 0.2) is 42.5 Å². The molecule has 0 bridgehead atoms. The smallest absolute Gasteiger partial charge is 0.340 e. The number of ether oxygens (including phenoxy) is 1. The van der Waals surface area contributed by atoms with E-state index in [-0.39, 0.29) is 39.5 Å². The van der Waals surface area contributed by atoms with Gasteiger partial charge in [0, 0.05) is 40.2 Å². The molecular formula is C25H22N2O5. The van der Waals surface area contributed by atoms with Crippen molar-refractivity contribution < 1.29 is 23.9 Å². The number of nitrogens with two attached hydrogens (primary N) is 1. The summed E-state index contributed by atoms with van der Waals surface area (Å²) in [6.07, 6.45) is 0. The van der Waals surface area contributed by atoms with E-state index < -0.39 is 18.4 Å². The topological polar surface area (TPSA) is 108 Å². The second-order valence-electron chi connectivity index (χ2n) is 7.68. The fourth-order valence-corrected chi connectivity index (χ4v) is 4.25. The molecule has 1 aliphatic rings. The maximum absolute atomic E-state index is 13.0. The minimum absolute atomic E-state index is 0.0130. The number of hydrogen-bond acceptors (Lipinski definition) is 6. The molecule has 7 heteroatoms. The zero-order valence-corrected chi connectivity index (χ0v) is 18.0. The van der Waals surface area contributed by atoms with Crippen molar-refractivity contribution in [3.63, 3.8) is 0 Å². The maximum atomic E-state index is 13.0. The van der Waals surface area contributed by atoms with Crippen molar-refractivity contribution >= 4 is 29.0 Å². The highest BCUT2D eigenvalue weighted by Gasteiger charge is 2.33. The van der Waals surface area contributed by atoms with E-state index in [0.29, 0.717) is 11.1 Å². The first-order chi connectivity index (χ1) is 15.3. The van der Waals surface area contributed by atoms with Crippen LogP contribution in [-0.2, 0) is 11.3 Å². The molecule has 0 saturated carbocycles. The van der Waals surface area contributed by atoms with E-state index >= 15 is 0 Å². The van der Waals surface area contributed by atoms with Gasteiger partial charge in [-0.15, -0.1) is 0 Å². The lowest BCUT2D eigenvalue weighted by Gasteiger charge is -2.20. The van der Waals surface area contributed by atoms with Crippen LogP contribution in [0.3, 0.4) is 0 Å². The van der Waals surface area contributed by atoms with Crippen molar-refractivity contribution in [2.45, 2.75) is 27.3 Å². The first kappa shape index (κ1) is 21.2. The van der Waals surface area contributed by atoms with E-state index in [2.05, 4.69) is 0 Å². The molecule has 0 unspecified atom stereocenters. The summed E-state index contributed by atoms with van der Waals surface area (Å²) in [5.74, 6) is -1.92. The van der Waals surface area contributed by atoms with Gasteiger partial charge in [0.2, 0.25) is 5.78 Å². The van der Waals surface area contributed by atoms with E-state index in [1.165, 1.54) is 12.1 Å². The van der Waals surface area contributed by atoms with Crippen molar-refractivity contribution in [1.82, 2.24) is 4.57 Å². The molecule has 2 aromatic carbocycles. The summed E-state index contributed by atoms with van der Waals surface area (Å²) >= 11 is 0. The molecule has 1 aromatic heterocycles. The Balaban J connectivity index is 1.59. The van der Waals surface area contributed by atoms with Crippen LogP contribution >= 0.6 is 0 Å². The highest BCUT2D eigenvalue weighted by molar-refractivity contribution is 6.30. The van der Waals surface area contributed by atoms with Crippen LogP contribution < -0.4 is 5.73 Å². The molecule has 0 saturated heterocycles. The molecule has 1 aliphatic carbocycles. The van der Waals surface area contributed by atoms with Gasteiger partial charge in [0.1, 0.15) is 0 Å². The van der Waals surface area contributed by atoms with Crippen molar-refractivity contribution in [3.05, 3.63) is 87.2 Å². The lowest BCUT2D eigenvalue weighted by molar-refractivity contribution is 0.0475. The molecule has 0 amide bonds. The number of nitrogens with zero attached hydrogens (tertiary/aromatic N) is 1. The molecular weight excluding hydrogens is 408 g/mol. The highest BCUT2D eigenvalue weighted by atomic mass is 16.5. The lowest BCUT2D eigenvalue weighted by Crippen LogP contribution is -2.24. The Labute approximate surface area is 184 Å². The molecule has 1 heterocycles. The Hall–Kier alpha value is -4.00. The average molecular weight is 430 g/mol. The van der Waals surface area contributed by atoms with E-state index in [1.807, 2.05) is 25.3 Å². The van der Waals surface area contributed by atoms with Crippen molar-refractivity contribution in [2.75, 3.05) is 12.3 Å². The van der Waals surface area contributed by atoms with Crippen LogP contribution in [-0.4, -0.2) is 34.5 Å². The van der Waals surface area contributed by atoms with Crippen LogP contribution in [0.4, 0.5) is 5.69 Å². The van der Waals surface area contributed by atoms with Crippen molar-refractivity contribution in [1.29, 1.82) is 0 Å². The average Bonchev–Trinajstić information content (AvgIpc) is 3.08. The zero-order chi connectivity index (χ0) is 23.2. The largest absolute Gasteiger partial charge is 0.454 e. The van der Waals surface area contributed by atoms with Crippen LogP contribution in [0.1, 0.15) is 70.9 Å². The fourth-order valence-electron chi connectivity index (χ4n) is 4.25. The molecule has 0 radical (unpaired) electrons. The highest BCUT2D eigenvalue weighted by Crippen LogP contribution is 2.33. The third-order valence-electron chi connectivity index (χ3n) is 5.88. The minimum Gasteiger partial charge on any atom is -0.454 e. The summed E-state index contributed by atoms with van der Waals surface area (Å²) < 4.78 is 7.21. The maximum Gasteiger partial charge on any atom is 0.340 e. The van der Waals surface area contributed by atoms with Gasteiger partial charge < -0.3 is 15.0 Å². The van der Waals surface area contributed by atoms with Crippen LogP contribution in [0.25, 0.3) is 0 Å². The van der Waals surface area contributed by atoms with Crippen LogP contribution in [0.2, 0.25) is 0 Å². The molecule has 0 fully saturated rings. The summed E-state index contributed by atoms with van der Waals surface area (Å²) in [6, 6.07) is 11.0. The zero-order valence-electron chi connectivity index (χ0n) is 18.0. The molecule has 0 aliphatic heterocycles. The third kappa shape index (κ3) is 3.22. The van der Waals surface area contributed by atoms with Gasteiger partial charge in [0.05, 0.1) is 16.8 Å². The van der Waals surface area contributed by atoms with Gasteiger partial charge in [0.15, 0.2) is 18.2 Å². The van der Waals surface area contributed by atoms with Gasteiger partial charge in [-0.05, 0) is 39.0 Å². The summed E-state index contributed by atoms with van der Waals surface area (Å²) in [5, 5.41) is 0. The number of esters is 1. The molecule has 4 rings (SSSR count). The van der Waals surface area contributed by atoms with E-state index in [9.17, 15) is 19.2 Å². The number of nitrogen functional groups attached to an aromatic ring is 1. The number of carbonyl (C=O) groups excluding carboxylic acids is 4. The fraction of sp³-hybridized carbons (Fsp3) is 0.200. The molecule has 32 heavy (non-hydrogen) atoms. The lowest BCUT2D eigenvalue weighted by atomic mass is 9.82. The molecule has 162 valence electrons. The van der Waals surface area contributed by atoms with Crippen LogP contribution in [0, 0.1) is 13.8 Å². The van der Waals surface area contributed by atoms with Gasteiger partial charge in [0.25, 0.3) is 0 Å².